The molecule has 7 heavy (non-hydrogen) atoms. The Morgan fingerprint density at radius 3 is 1.14 bits per heavy atom. The van der Waals surface area contributed by atoms with Gasteiger partial charge in [0.2, 0.25) is 0 Å². The summed E-state index contributed by atoms with van der Waals surface area (Å²) in [5, 5.41) is 0. The summed E-state index contributed by atoms with van der Waals surface area (Å²) in [6.45, 7) is 0. The van der Waals surface area contributed by atoms with Gasteiger partial charge in [-0.05, 0) is 0 Å². The van der Waals surface area contributed by atoms with E-state index >= 15 is 0 Å². The molecule has 0 heterocycles. The fraction of sp³-hybridized carbons (Fsp3) is 0. The number of hydrogen-bond acceptors (Lipinski definition) is 2. The molecule has 0 saturated carbocycles. The molecule has 2 N–H and O–H groups in total. The summed E-state index contributed by atoms with van der Waals surface area (Å²) >= 11 is 0. The third-order valence-corrected chi connectivity index (χ3v) is 0. The zero-order valence-corrected chi connectivity index (χ0v) is 4.18. The van der Waals surface area contributed by atoms with Crippen molar-refractivity contribution in [2.45, 2.75) is 0 Å². The maximum absolute atomic E-state index is 8.74. The third-order valence-electron chi connectivity index (χ3n) is 0. The van der Waals surface area contributed by atoms with Crippen LogP contribution in [0.15, 0.2) is 0 Å². The van der Waals surface area contributed by atoms with Crippen LogP contribution in [0.3, 0.4) is 0 Å². The molecule has 0 aliphatic rings. The summed E-state index contributed by atoms with van der Waals surface area (Å²) in [5.41, 5.74) is 0. The van der Waals surface area contributed by atoms with E-state index in [0.717, 1.165) is 0 Å². The van der Waals surface area contributed by atoms with E-state index in [-0.39, 0.29) is 68.5 Å². The van der Waals surface area contributed by atoms with Crippen LogP contribution in [0.4, 0.5) is 0 Å². The molecule has 0 saturated heterocycles. The van der Waals surface area contributed by atoms with Crippen LogP contribution in [0.1, 0.15) is 0 Å². The second-order valence-corrected chi connectivity index (χ2v) is 1.34. The van der Waals surface area contributed by atoms with Crippen molar-refractivity contribution in [3.63, 3.8) is 0 Å². The van der Waals surface area contributed by atoms with E-state index in [1.807, 2.05) is 0 Å². The van der Waals surface area contributed by atoms with Gasteiger partial charge in [-0.2, -0.15) is 8.42 Å². The Balaban J connectivity index is -0.0000000800. The van der Waals surface area contributed by atoms with Crippen molar-refractivity contribution < 1.29 is 34.6 Å². The van der Waals surface area contributed by atoms with Crippen LogP contribution in [-0.2, 0) is 27.5 Å². The average Bonchev–Trinajstić information content (AvgIpc) is 0.722. The van der Waals surface area contributed by atoms with Gasteiger partial charge in [0.1, 0.15) is 0 Å². The van der Waals surface area contributed by atoms with Crippen molar-refractivity contribution in [2.75, 3.05) is 0 Å². The van der Waals surface area contributed by atoms with Crippen molar-refractivity contribution in [3.8, 4) is 0 Å². The summed E-state index contributed by atoms with van der Waals surface area (Å²) in [5.74, 6) is 0. The molecular formula is H3CuKO4S. The second-order valence-electron chi connectivity index (χ2n) is 0.448. The van der Waals surface area contributed by atoms with Gasteiger partial charge in [0, 0.05) is 17.1 Å². The summed E-state index contributed by atoms with van der Waals surface area (Å²) < 4.78 is 31.6. The Bertz CT molecular complexity index is 94.9. The number of rotatable bonds is 0. The predicted molar refractivity (Wildman–Crippen MR) is 21.3 cm³/mol. The van der Waals surface area contributed by atoms with E-state index in [2.05, 4.69) is 0 Å². The van der Waals surface area contributed by atoms with Gasteiger partial charge in [-0.1, -0.05) is 0 Å². The van der Waals surface area contributed by atoms with Gasteiger partial charge < -0.3 is 0 Å². The minimum atomic E-state index is -4.67. The summed E-state index contributed by atoms with van der Waals surface area (Å²) in [6.07, 6.45) is 0. The average molecular weight is 202 g/mol. The van der Waals surface area contributed by atoms with Crippen molar-refractivity contribution in [2.24, 2.45) is 0 Å². The molecule has 0 rings (SSSR count). The molecule has 0 amide bonds. The molecule has 4 nitrogen and oxygen atoms in total. The molecule has 0 aliphatic heterocycles. The second kappa shape index (κ2) is 6.15. The molecule has 0 aliphatic carbocycles. The molecular weight excluding hydrogens is 199 g/mol. The summed E-state index contributed by atoms with van der Waals surface area (Å²) in [7, 11) is -4.67. The molecule has 0 aromatic heterocycles. The maximum atomic E-state index is 8.74. The van der Waals surface area contributed by atoms with Crippen molar-refractivity contribution in [1.82, 2.24) is 0 Å². The van der Waals surface area contributed by atoms with Crippen molar-refractivity contribution >= 4 is 61.8 Å². The molecule has 1 radical (unpaired) electrons. The van der Waals surface area contributed by atoms with Crippen LogP contribution >= 0.6 is 0 Å². The Labute approximate surface area is 94.5 Å². The van der Waals surface area contributed by atoms with Gasteiger partial charge in [-0.15, -0.1) is 0 Å². The van der Waals surface area contributed by atoms with Crippen LogP contribution < -0.4 is 0 Å². The first-order valence-corrected chi connectivity index (χ1v) is 2.10. The van der Waals surface area contributed by atoms with Crippen LogP contribution in [0, 0.1) is 0 Å². The topological polar surface area (TPSA) is 74.6 Å². The molecule has 0 aromatic carbocycles. The first-order chi connectivity index (χ1) is 2.00. The van der Waals surface area contributed by atoms with Crippen LogP contribution in [0.2, 0.25) is 0 Å². The van der Waals surface area contributed by atoms with Crippen LogP contribution in [0.5, 0.6) is 0 Å². The molecule has 0 aromatic rings. The zero-order chi connectivity index (χ0) is 4.50. The molecule has 0 fully saturated rings. The first-order valence-electron chi connectivity index (χ1n) is 0.698. The van der Waals surface area contributed by atoms with Crippen molar-refractivity contribution in [1.29, 1.82) is 0 Å². The molecule has 0 spiro atoms. The van der Waals surface area contributed by atoms with Gasteiger partial charge in [0.05, 0.1) is 0 Å². The first kappa shape index (κ1) is 16.0. The predicted octanol–water partition coefficient (Wildman–Crippen LogP) is -1.30. The van der Waals surface area contributed by atoms with E-state index in [1.54, 1.807) is 0 Å². The molecule has 0 bridgehead atoms. The molecule has 0 unspecified atom stereocenters. The van der Waals surface area contributed by atoms with Gasteiger partial charge in [-0.3, -0.25) is 9.11 Å². The SMILES string of the molecule is O=S(=O)(O)O.[Cu].[KH]. The fourth-order valence-electron chi connectivity index (χ4n) is 0. The summed E-state index contributed by atoms with van der Waals surface area (Å²) in [4.78, 5) is 0. The summed E-state index contributed by atoms with van der Waals surface area (Å²) in [6, 6.07) is 0. The van der Waals surface area contributed by atoms with Crippen LogP contribution in [0.25, 0.3) is 0 Å². The molecule has 7 heteroatoms. The van der Waals surface area contributed by atoms with E-state index < -0.39 is 10.4 Å². The monoisotopic (exact) mass is 201 g/mol. The number of hydrogen-bond donors (Lipinski definition) is 2. The third kappa shape index (κ3) is 71.0. The van der Waals surface area contributed by atoms with E-state index in [9.17, 15) is 0 Å². The Kier molecular flexibility index (Phi) is 14.1. The van der Waals surface area contributed by atoms with Gasteiger partial charge in [-0.25, -0.2) is 0 Å². The quantitative estimate of drug-likeness (QED) is 0.377. The normalized spacial score (nSPS) is 8.29. The molecule has 0 atom stereocenters. The van der Waals surface area contributed by atoms with E-state index in [1.165, 1.54) is 0 Å². The van der Waals surface area contributed by atoms with E-state index in [4.69, 9.17) is 17.5 Å². The van der Waals surface area contributed by atoms with E-state index in [0.29, 0.717) is 0 Å². The van der Waals surface area contributed by atoms with Gasteiger partial charge >= 0.3 is 61.8 Å². The van der Waals surface area contributed by atoms with Crippen LogP contribution in [-0.4, -0.2) is 68.9 Å². The standard InChI is InChI=1S/Cu.K.H2O4S.H/c;;1-5(2,3)4;/h;;(H2,1,2,3,4);. The Morgan fingerprint density at radius 1 is 1.14 bits per heavy atom. The Hall–Kier alpha value is 2.03. The zero-order valence-electron chi connectivity index (χ0n) is 2.42. The molecule has 45 valence electrons. The van der Waals surface area contributed by atoms with Crippen molar-refractivity contribution in [3.05, 3.63) is 0 Å². The fourth-order valence-corrected chi connectivity index (χ4v) is 0. The van der Waals surface area contributed by atoms with Gasteiger partial charge in [0.25, 0.3) is 0 Å². The Morgan fingerprint density at radius 2 is 1.14 bits per heavy atom. The van der Waals surface area contributed by atoms with Gasteiger partial charge in [0.15, 0.2) is 0 Å². The minimum absolute atomic E-state index is 0.